The molecule has 1 fully saturated rings. The van der Waals surface area contributed by atoms with E-state index in [0.717, 1.165) is 25.3 Å². The van der Waals surface area contributed by atoms with Gasteiger partial charge in [0.2, 0.25) is 5.88 Å². The Bertz CT molecular complexity index is 700. The Morgan fingerprint density at radius 3 is 2.64 bits per heavy atom. The lowest BCUT2D eigenvalue weighted by Gasteiger charge is -2.35. The fourth-order valence-corrected chi connectivity index (χ4v) is 2.76. The van der Waals surface area contributed by atoms with Crippen molar-refractivity contribution in [2.45, 2.75) is 26.4 Å². The zero-order chi connectivity index (χ0) is 17.6. The molecule has 0 aliphatic carbocycles. The molecule has 132 valence electrons. The molecule has 3 rings (SSSR count). The van der Waals surface area contributed by atoms with E-state index >= 15 is 0 Å². The van der Waals surface area contributed by atoms with Crippen molar-refractivity contribution in [2.24, 2.45) is 0 Å². The molecule has 1 aliphatic rings. The fourth-order valence-electron chi connectivity index (χ4n) is 2.76. The van der Waals surface area contributed by atoms with Gasteiger partial charge in [0, 0.05) is 50.2 Å². The van der Waals surface area contributed by atoms with E-state index in [1.165, 1.54) is 0 Å². The van der Waals surface area contributed by atoms with E-state index in [1.807, 2.05) is 30.0 Å². The average Bonchev–Trinajstić information content (AvgIpc) is 2.68. The molecule has 0 N–H and O–H groups in total. The third kappa shape index (κ3) is 4.26. The molecular formula is C19H24N4O2. The Labute approximate surface area is 148 Å². The third-order valence-corrected chi connectivity index (χ3v) is 4.42. The normalized spacial score (nSPS) is 15.8. The van der Waals surface area contributed by atoms with Gasteiger partial charge in [-0.25, -0.2) is 9.97 Å². The first-order valence-corrected chi connectivity index (χ1v) is 8.75. The summed E-state index contributed by atoms with van der Waals surface area (Å²) >= 11 is 0. The topological polar surface area (TPSA) is 58.6 Å². The number of ether oxygens (including phenoxy) is 1. The minimum absolute atomic E-state index is 0.0251. The van der Waals surface area contributed by atoms with E-state index in [9.17, 15) is 4.79 Å². The second kappa shape index (κ2) is 7.96. The van der Waals surface area contributed by atoms with Crippen LogP contribution in [-0.4, -0.2) is 53.1 Å². The van der Waals surface area contributed by atoms with Gasteiger partial charge in [-0.05, 0) is 31.5 Å². The van der Waals surface area contributed by atoms with Crippen LogP contribution < -0.4 is 9.64 Å². The van der Waals surface area contributed by atoms with Gasteiger partial charge in [0.05, 0.1) is 6.10 Å². The lowest BCUT2D eigenvalue weighted by Crippen LogP contribution is -2.49. The van der Waals surface area contributed by atoms with Crippen molar-refractivity contribution in [1.82, 2.24) is 14.9 Å². The highest BCUT2D eigenvalue weighted by atomic mass is 16.5. The molecule has 2 aromatic heterocycles. The number of amides is 1. The SMILES string of the molecule is CCC(C)Oc1cc(C(=O)N2CCN(c3ccccn3)CC2)ccn1. The average molecular weight is 340 g/mol. The minimum Gasteiger partial charge on any atom is -0.475 e. The third-order valence-electron chi connectivity index (χ3n) is 4.42. The van der Waals surface area contributed by atoms with Crippen LogP contribution in [0.1, 0.15) is 30.6 Å². The van der Waals surface area contributed by atoms with Crippen LogP contribution in [0, 0.1) is 0 Å². The van der Waals surface area contributed by atoms with Crippen LogP contribution in [0.15, 0.2) is 42.7 Å². The van der Waals surface area contributed by atoms with Gasteiger partial charge in [-0.15, -0.1) is 0 Å². The number of carbonyl (C=O) groups is 1. The number of anilines is 1. The maximum atomic E-state index is 12.8. The highest BCUT2D eigenvalue weighted by molar-refractivity contribution is 5.94. The molecule has 2 aromatic rings. The largest absolute Gasteiger partial charge is 0.475 e. The predicted molar refractivity (Wildman–Crippen MR) is 97.0 cm³/mol. The van der Waals surface area contributed by atoms with Gasteiger partial charge >= 0.3 is 0 Å². The standard InChI is InChI=1S/C19H24N4O2/c1-3-15(2)25-18-14-16(7-9-21-18)19(24)23-12-10-22(11-13-23)17-6-4-5-8-20-17/h4-9,14-15H,3,10-13H2,1-2H3. The maximum Gasteiger partial charge on any atom is 0.254 e. The zero-order valence-electron chi connectivity index (χ0n) is 14.8. The molecule has 0 saturated carbocycles. The lowest BCUT2D eigenvalue weighted by molar-refractivity contribution is 0.0745. The summed E-state index contributed by atoms with van der Waals surface area (Å²) in [5, 5.41) is 0. The molecular weight excluding hydrogens is 316 g/mol. The molecule has 0 aromatic carbocycles. The van der Waals surface area contributed by atoms with Crippen molar-refractivity contribution < 1.29 is 9.53 Å². The number of hydrogen-bond donors (Lipinski definition) is 0. The smallest absolute Gasteiger partial charge is 0.254 e. The van der Waals surface area contributed by atoms with Crippen molar-refractivity contribution in [3.05, 3.63) is 48.3 Å². The van der Waals surface area contributed by atoms with E-state index in [0.29, 0.717) is 24.5 Å². The van der Waals surface area contributed by atoms with Gasteiger partial charge in [0.25, 0.3) is 5.91 Å². The number of carbonyl (C=O) groups excluding carboxylic acids is 1. The predicted octanol–water partition coefficient (Wildman–Crippen LogP) is 2.62. The molecule has 3 heterocycles. The summed E-state index contributed by atoms with van der Waals surface area (Å²) in [5.74, 6) is 1.49. The zero-order valence-corrected chi connectivity index (χ0v) is 14.8. The highest BCUT2D eigenvalue weighted by Gasteiger charge is 2.23. The number of pyridine rings is 2. The Kier molecular flexibility index (Phi) is 5.48. The van der Waals surface area contributed by atoms with E-state index in [-0.39, 0.29) is 12.0 Å². The van der Waals surface area contributed by atoms with Crippen LogP contribution in [0.5, 0.6) is 5.88 Å². The van der Waals surface area contributed by atoms with Crippen LogP contribution in [-0.2, 0) is 0 Å². The van der Waals surface area contributed by atoms with Crippen molar-refractivity contribution >= 4 is 11.7 Å². The number of hydrogen-bond acceptors (Lipinski definition) is 5. The van der Waals surface area contributed by atoms with Crippen LogP contribution in [0.25, 0.3) is 0 Å². The fraction of sp³-hybridized carbons (Fsp3) is 0.421. The molecule has 1 atom stereocenters. The van der Waals surface area contributed by atoms with Gasteiger partial charge < -0.3 is 14.5 Å². The molecule has 6 nitrogen and oxygen atoms in total. The summed E-state index contributed by atoms with van der Waals surface area (Å²) in [7, 11) is 0. The molecule has 1 unspecified atom stereocenters. The maximum absolute atomic E-state index is 12.8. The first-order chi connectivity index (χ1) is 12.2. The Hall–Kier alpha value is -2.63. The Morgan fingerprint density at radius 2 is 1.96 bits per heavy atom. The molecule has 0 radical (unpaired) electrons. The number of rotatable bonds is 5. The first kappa shape index (κ1) is 17.2. The molecule has 1 amide bonds. The van der Waals surface area contributed by atoms with E-state index in [1.54, 1.807) is 24.5 Å². The van der Waals surface area contributed by atoms with Crippen molar-refractivity contribution in [3.8, 4) is 5.88 Å². The van der Waals surface area contributed by atoms with Gasteiger partial charge in [-0.2, -0.15) is 0 Å². The van der Waals surface area contributed by atoms with Gasteiger partial charge in [-0.3, -0.25) is 4.79 Å². The second-order valence-electron chi connectivity index (χ2n) is 6.19. The number of piperazine rings is 1. The van der Waals surface area contributed by atoms with Crippen molar-refractivity contribution in [1.29, 1.82) is 0 Å². The molecule has 6 heteroatoms. The quantitative estimate of drug-likeness (QED) is 0.837. The Balaban J connectivity index is 1.62. The van der Waals surface area contributed by atoms with E-state index < -0.39 is 0 Å². The minimum atomic E-state index is 0.0251. The second-order valence-corrected chi connectivity index (χ2v) is 6.19. The van der Waals surface area contributed by atoms with Crippen LogP contribution in [0.3, 0.4) is 0 Å². The van der Waals surface area contributed by atoms with Crippen LogP contribution >= 0.6 is 0 Å². The van der Waals surface area contributed by atoms with Crippen LogP contribution in [0.4, 0.5) is 5.82 Å². The highest BCUT2D eigenvalue weighted by Crippen LogP contribution is 2.17. The van der Waals surface area contributed by atoms with Gasteiger partial charge in [-0.1, -0.05) is 13.0 Å². The first-order valence-electron chi connectivity index (χ1n) is 8.75. The lowest BCUT2D eigenvalue weighted by atomic mass is 10.2. The summed E-state index contributed by atoms with van der Waals surface area (Å²) in [6.07, 6.45) is 4.41. The van der Waals surface area contributed by atoms with E-state index in [4.69, 9.17) is 4.74 Å². The molecule has 1 aliphatic heterocycles. The number of aromatic nitrogens is 2. The van der Waals surface area contributed by atoms with Crippen molar-refractivity contribution in [2.75, 3.05) is 31.1 Å². The van der Waals surface area contributed by atoms with Gasteiger partial charge in [0.1, 0.15) is 5.82 Å². The summed E-state index contributed by atoms with van der Waals surface area (Å²) in [4.78, 5) is 25.4. The Morgan fingerprint density at radius 1 is 1.16 bits per heavy atom. The summed E-state index contributed by atoms with van der Waals surface area (Å²) in [6, 6.07) is 9.37. The molecule has 25 heavy (non-hydrogen) atoms. The molecule has 0 spiro atoms. The number of nitrogens with zero attached hydrogens (tertiary/aromatic N) is 4. The monoisotopic (exact) mass is 340 g/mol. The summed E-state index contributed by atoms with van der Waals surface area (Å²) < 4.78 is 5.72. The molecule has 0 bridgehead atoms. The van der Waals surface area contributed by atoms with E-state index in [2.05, 4.69) is 21.8 Å². The van der Waals surface area contributed by atoms with Crippen molar-refractivity contribution in [3.63, 3.8) is 0 Å². The molecule has 1 saturated heterocycles. The van der Waals surface area contributed by atoms with Gasteiger partial charge in [0.15, 0.2) is 0 Å². The van der Waals surface area contributed by atoms with Crippen LogP contribution in [0.2, 0.25) is 0 Å². The summed E-state index contributed by atoms with van der Waals surface area (Å²) in [5.41, 5.74) is 0.625. The summed E-state index contributed by atoms with van der Waals surface area (Å²) in [6.45, 7) is 6.97.